The number of carbonyl (C=O) groups excluding carboxylic acids is 3. The molecule has 1 aliphatic carbocycles. The molecule has 2 aromatic heterocycles. The molecule has 1 saturated carbocycles. The van der Waals surface area contributed by atoms with Crippen LogP contribution >= 0.6 is 0 Å². The Kier molecular flexibility index (Phi) is 10.7. The van der Waals surface area contributed by atoms with Gasteiger partial charge in [-0.25, -0.2) is 13.6 Å². The van der Waals surface area contributed by atoms with Gasteiger partial charge < -0.3 is 20.2 Å². The maximum absolute atomic E-state index is 14.2. The number of amides is 3. The minimum absolute atomic E-state index is 0.132. The number of aromatic hydroxyl groups is 1. The average Bonchev–Trinajstić information content (AvgIpc) is 3.93. The van der Waals surface area contributed by atoms with Crippen molar-refractivity contribution >= 4 is 45.3 Å². The molecule has 3 atom stereocenters. The molecule has 60 heavy (non-hydrogen) atoms. The number of aryl methyl sites for hydroxylation is 2. The molecule has 316 valence electrons. The SMILES string of the molecule is Cn1c(=O)n(C2CCC(=O)NC2=O)c2ccc(CCCN3C[C@H]4CCN(c5ccc6cn(C7CCC(CNC(=O)c8cc(F)c(O)c(F)c8F)CC7)nc6c5)C[C@H]4C3)cc21. The van der Waals surface area contributed by atoms with Crippen molar-refractivity contribution in [3.8, 4) is 5.75 Å². The van der Waals surface area contributed by atoms with Gasteiger partial charge in [-0.05, 0) is 118 Å². The standard InChI is InChI=1S/C44H49F3N8O5/c1-51-37-17-25(6-11-35(37)55(44(51)60)36-12-13-38(56)49-43(36)59)3-2-15-52-21-27-14-16-53(23-29(27)22-52)31-10-7-28-24-54(50-34(28)18-31)30-8-4-26(5-9-30)20-48-42(58)32-19-33(45)41(57)40(47)39(32)46/h6-7,10-11,17-19,24,26-27,29-30,36,57H,2-5,8-9,12-16,20-23H2,1H3,(H,48,58)(H,49,56,59)/t26?,27-,29-,30?,36?/m1/s1. The summed E-state index contributed by atoms with van der Waals surface area (Å²) in [6, 6.07) is 12.6. The van der Waals surface area contributed by atoms with Gasteiger partial charge in [-0.3, -0.25) is 33.5 Å². The number of nitrogens with zero attached hydrogens (tertiary/aromatic N) is 6. The lowest BCUT2D eigenvalue weighted by Crippen LogP contribution is -2.44. The number of anilines is 1. The zero-order chi connectivity index (χ0) is 41.8. The van der Waals surface area contributed by atoms with Crippen LogP contribution < -0.4 is 21.2 Å². The number of benzene rings is 3. The van der Waals surface area contributed by atoms with Crippen LogP contribution in [0, 0.1) is 35.2 Å². The number of phenols is 1. The third kappa shape index (κ3) is 7.54. The summed E-state index contributed by atoms with van der Waals surface area (Å²) in [6.45, 7) is 5.44. The van der Waals surface area contributed by atoms with Crippen molar-refractivity contribution in [1.82, 2.24) is 34.4 Å². The first-order chi connectivity index (χ1) is 28.9. The molecule has 16 heteroatoms. The van der Waals surface area contributed by atoms with Crippen molar-refractivity contribution in [1.29, 1.82) is 0 Å². The van der Waals surface area contributed by atoms with E-state index in [0.717, 1.165) is 99.7 Å². The van der Waals surface area contributed by atoms with Gasteiger partial charge in [0.2, 0.25) is 17.6 Å². The Balaban J connectivity index is 0.753. The van der Waals surface area contributed by atoms with E-state index in [1.54, 1.807) is 11.6 Å². The highest BCUT2D eigenvalue weighted by Crippen LogP contribution is 2.36. The Bertz CT molecular complexity index is 2560. The number of imide groups is 1. The van der Waals surface area contributed by atoms with Gasteiger partial charge in [-0.15, -0.1) is 0 Å². The molecular weight excluding hydrogens is 778 g/mol. The van der Waals surface area contributed by atoms with Gasteiger partial charge in [0.25, 0.3) is 5.91 Å². The normalized spacial score (nSPS) is 23.7. The number of likely N-dealkylation sites (tertiary alicyclic amines) is 1. The summed E-state index contributed by atoms with van der Waals surface area (Å²) in [5.41, 5.74) is 3.76. The van der Waals surface area contributed by atoms with E-state index in [4.69, 9.17) is 5.10 Å². The summed E-state index contributed by atoms with van der Waals surface area (Å²) in [4.78, 5) is 55.0. The van der Waals surface area contributed by atoms with E-state index in [9.17, 15) is 37.5 Å². The van der Waals surface area contributed by atoms with Crippen molar-refractivity contribution in [3.63, 3.8) is 0 Å². The molecule has 3 N–H and O–H groups in total. The summed E-state index contributed by atoms with van der Waals surface area (Å²) < 4.78 is 46.8. The van der Waals surface area contributed by atoms with Gasteiger partial charge in [0.1, 0.15) is 6.04 Å². The number of rotatable bonds is 10. The molecule has 5 aromatic rings. The first-order valence-corrected chi connectivity index (χ1v) is 21.1. The highest BCUT2D eigenvalue weighted by Gasteiger charge is 2.37. The van der Waals surface area contributed by atoms with Crippen LogP contribution in [-0.4, -0.2) is 85.9 Å². The van der Waals surface area contributed by atoms with E-state index in [1.165, 1.54) is 10.3 Å². The van der Waals surface area contributed by atoms with Crippen molar-refractivity contribution in [3.05, 3.63) is 87.7 Å². The first kappa shape index (κ1) is 39.8. The number of fused-ring (bicyclic) bond motifs is 3. The van der Waals surface area contributed by atoms with Crippen molar-refractivity contribution < 1.29 is 32.7 Å². The molecule has 9 rings (SSSR count). The van der Waals surface area contributed by atoms with Gasteiger partial charge in [0.05, 0.1) is 28.2 Å². The Morgan fingerprint density at radius 1 is 0.917 bits per heavy atom. The number of phenolic OH excluding ortho intramolecular Hbond substituents is 1. The third-order valence-corrected chi connectivity index (χ3v) is 13.5. The summed E-state index contributed by atoms with van der Waals surface area (Å²) in [7, 11) is 1.73. The van der Waals surface area contributed by atoms with E-state index in [0.29, 0.717) is 29.8 Å². The molecule has 5 heterocycles. The van der Waals surface area contributed by atoms with Crippen molar-refractivity contribution in [2.45, 2.75) is 69.9 Å². The monoisotopic (exact) mass is 826 g/mol. The second-order valence-electron chi connectivity index (χ2n) is 17.2. The van der Waals surface area contributed by atoms with Crippen molar-refractivity contribution in [2.75, 3.05) is 44.2 Å². The Morgan fingerprint density at radius 3 is 2.52 bits per heavy atom. The lowest BCUT2D eigenvalue weighted by atomic mass is 9.86. The van der Waals surface area contributed by atoms with Gasteiger partial charge >= 0.3 is 5.69 Å². The lowest BCUT2D eigenvalue weighted by Gasteiger charge is -2.36. The van der Waals surface area contributed by atoms with E-state index in [-0.39, 0.29) is 36.5 Å². The van der Waals surface area contributed by atoms with Crippen LogP contribution in [0.15, 0.2) is 53.5 Å². The molecule has 0 bridgehead atoms. The number of nitrogens with one attached hydrogen (secondary N) is 2. The summed E-state index contributed by atoms with van der Waals surface area (Å²) in [5, 5.41) is 20.3. The molecule has 0 spiro atoms. The van der Waals surface area contributed by atoms with E-state index in [1.807, 2.05) is 12.1 Å². The van der Waals surface area contributed by atoms with Crippen LogP contribution in [0.4, 0.5) is 18.9 Å². The molecule has 13 nitrogen and oxygen atoms in total. The number of hydrogen-bond acceptors (Lipinski definition) is 8. The number of imidazole rings is 1. The number of halogens is 3. The van der Waals surface area contributed by atoms with Crippen LogP contribution in [0.1, 0.15) is 79.4 Å². The molecule has 0 radical (unpaired) electrons. The van der Waals surface area contributed by atoms with E-state index >= 15 is 0 Å². The first-order valence-electron chi connectivity index (χ1n) is 21.1. The van der Waals surface area contributed by atoms with Crippen LogP contribution in [0.3, 0.4) is 0 Å². The minimum Gasteiger partial charge on any atom is -0.503 e. The highest BCUT2D eigenvalue weighted by molar-refractivity contribution is 6.00. The molecule has 4 fully saturated rings. The topological polar surface area (TPSA) is 147 Å². The highest BCUT2D eigenvalue weighted by atomic mass is 19.2. The molecule has 3 saturated heterocycles. The maximum Gasteiger partial charge on any atom is 0.329 e. The molecule has 4 aliphatic rings. The van der Waals surface area contributed by atoms with Gasteiger partial charge in [-0.1, -0.05) is 6.07 Å². The fourth-order valence-corrected chi connectivity index (χ4v) is 10.1. The molecule has 1 unspecified atom stereocenters. The van der Waals surface area contributed by atoms with E-state index < -0.39 is 46.6 Å². The predicted molar refractivity (Wildman–Crippen MR) is 218 cm³/mol. The molecule has 3 aromatic carbocycles. The zero-order valence-electron chi connectivity index (χ0n) is 33.5. The number of hydrogen-bond donors (Lipinski definition) is 3. The molecule has 3 amide bonds. The van der Waals surface area contributed by atoms with Gasteiger partial charge in [-0.2, -0.15) is 9.49 Å². The van der Waals surface area contributed by atoms with Gasteiger partial charge in [0, 0.05) is 63.5 Å². The second-order valence-corrected chi connectivity index (χ2v) is 17.2. The lowest BCUT2D eigenvalue weighted by molar-refractivity contribution is -0.135. The smallest absolute Gasteiger partial charge is 0.329 e. The number of aromatic nitrogens is 4. The van der Waals surface area contributed by atoms with Crippen molar-refractivity contribution in [2.24, 2.45) is 24.8 Å². The molecule has 3 aliphatic heterocycles. The zero-order valence-corrected chi connectivity index (χ0v) is 33.5. The third-order valence-electron chi connectivity index (χ3n) is 13.5. The maximum atomic E-state index is 14.2. The summed E-state index contributed by atoms with van der Waals surface area (Å²) in [5.74, 6) is -6.44. The average molecular weight is 827 g/mol. The Labute approximate surface area is 344 Å². The predicted octanol–water partition coefficient (Wildman–Crippen LogP) is 5.34. The minimum atomic E-state index is -1.78. The summed E-state index contributed by atoms with van der Waals surface area (Å²) in [6.07, 6.45) is 8.96. The fraction of sp³-hybridized carbons (Fsp3) is 0.477. The molecular formula is C44H49F3N8O5. The Morgan fingerprint density at radius 2 is 1.72 bits per heavy atom. The van der Waals surface area contributed by atoms with Crippen LogP contribution in [0.2, 0.25) is 0 Å². The van der Waals surface area contributed by atoms with Crippen LogP contribution in [0.25, 0.3) is 21.9 Å². The van der Waals surface area contributed by atoms with Gasteiger partial charge in [0.15, 0.2) is 17.4 Å². The fourth-order valence-electron chi connectivity index (χ4n) is 10.1. The largest absolute Gasteiger partial charge is 0.503 e. The van der Waals surface area contributed by atoms with E-state index in [2.05, 4.69) is 55.6 Å². The number of piperidine rings is 2. The summed E-state index contributed by atoms with van der Waals surface area (Å²) >= 11 is 0. The quantitative estimate of drug-likeness (QED) is 0.126. The number of carbonyl (C=O) groups is 3. The van der Waals surface area contributed by atoms with Crippen LogP contribution in [0.5, 0.6) is 5.75 Å². The second kappa shape index (κ2) is 16.1. The van der Waals surface area contributed by atoms with Crippen LogP contribution in [-0.2, 0) is 23.1 Å². The Hall–Kier alpha value is -5.64.